The fourth-order valence-corrected chi connectivity index (χ4v) is 2.19. The van der Waals surface area contributed by atoms with Crippen molar-refractivity contribution in [1.82, 2.24) is 4.98 Å². The topological polar surface area (TPSA) is 12.9 Å². The Morgan fingerprint density at radius 1 is 1.29 bits per heavy atom. The molecule has 0 bridgehead atoms. The standard InChI is InChI=1S/C12H11NS/c1-2-11(12-13-8-9-14-12)10-6-4-3-5-7-10/h2-9,11H,1H2. The Kier molecular flexibility index (Phi) is 2.75. The molecule has 0 aliphatic heterocycles. The van der Waals surface area contributed by atoms with Gasteiger partial charge in [0.1, 0.15) is 5.01 Å². The van der Waals surface area contributed by atoms with Crippen LogP contribution in [0.4, 0.5) is 0 Å². The van der Waals surface area contributed by atoms with E-state index in [9.17, 15) is 0 Å². The van der Waals surface area contributed by atoms with Crippen molar-refractivity contribution in [2.45, 2.75) is 5.92 Å². The minimum atomic E-state index is 0.233. The highest BCUT2D eigenvalue weighted by Crippen LogP contribution is 2.26. The van der Waals surface area contributed by atoms with Crippen LogP contribution in [0.2, 0.25) is 0 Å². The number of nitrogens with zero attached hydrogens (tertiary/aromatic N) is 1. The molecule has 70 valence electrons. The zero-order valence-corrected chi connectivity index (χ0v) is 8.58. The van der Waals surface area contributed by atoms with Crippen LogP contribution in [0.1, 0.15) is 16.5 Å². The maximum absolute atomic E-state index is 4.31. The molecule has 14 heavy (non-hydrogen) atoms. The van der Waals surface area contributed by atoms with Gasteiger partial charge in [-0.1, -0.05) is 36.4 Å². The molecule has 0 N–H and O–H groups in total. The molecular formula is C12H11NS. The summed E-state index contributed by atoms with van der Waals surface area (Å²) in [4.78, 5) is 4.31. The molecule has 0 radical (unpaired) electrons. The molecule has 0 saturated carbocycles. The van der Waals surface area contributed by atoms with Crippen LogP contribution < -0.4 is 0 Å². The van der Waals surface area contributed by atoms with Gasteiger partial charge >= 0.3 is 0 Å². The van der Waals surface area contributed by atoms with Gasteiger partial charge in [-0.3, -0.25) is 0 Å². The number of thiazole rings is 1. The first-order valence-electron chi connectivity index (χ1n) is 4.48. The first-order valence-corrected chi connectivity index (χ1v) is 5.36. The molecule has 2 heteroatoms. The summed E-state index contributed by atoms with van der Waals surface area (Å²) < 4.78 is 0. The molecule has 2 rings (SSSR count). The number of hydrogen-bond acceptors (Lipinski definition) is 2. The van der Waals surface area contributed by atoms with Crippen LogP contribution in [0.3, 0.4) is 0 Å². The van der Waals surface area contributed by atoms with Gasteiger partial charge < -0.3 is 0 Å². The highest BCUT2D eigenvalue weighted by molar-refractivity contribution is 7.09. The lowest BCUT2D eigenvalue weighted by atomic mass is 10.0. The van der Waals surface area contributed by atoms with Crippen LogP contribution in [0, 0.1) is 0 Å². The number of aromatic nitrogens is 1. The average molecular weight is 201 g/mol. The van der Waals surface area contributed by atoms with E-state index in [1.165, 1.54) is 5.56 Å². The molecule has 2 aromatic rings. The van der Waals surface area contributed by atoms with Crippen LogP contribution in [-0.2, 0) is 0 Å². The van der Waals surface area contributed by atoms with Crippen molar-refractivity contribution >= 4 is 11.3 Å². The lowest BCUT2D eigenvalue weighted by Crippen LogP contribution is -1.95. The van der Waals surface area contributed by atoms with Gasteiger partial charge in [0, 0.05) is 11.6 Å². The smallest absolute Gasteiger partial charge is 0.104 e. The summed E-state index contributed by atoms with van der Waals surface area (Å²) >= 11 is 1.67. The first kappa shape index (κ1) is 9.16. The Balaban J connectivity index is 2.36. The molecule has 0 fully saturated rings. The monoisotopic (exact) mass is 201 g/mol. The predicted molar refractivity (Wildman–Crippen MR) is 60.6 cm³/mol. The molecule has 0 amide bonds. The van der Waals surface area contributed by atoms with Crippen LogP contribution in [-0.4, -0.2) is 4.98 Å². The number of benzene rings is 1. The summed E-state index contributed by atoms with van der Waals surface area (Å²) in [5.74, 6) is 0.233. The minimum absolute atomic E-state index is 0.233. The fraction of sp³-hybridized carbons (Fsp3) is 0.0833. The molecule has 1 aromatic carbocycles. The minimum Gasteiger partial charge on any atom is -0.249 e. The second-order valence-corrected chi connectivity index (χ2v) is 3.92. The van der Waals surface area contributed by atoms with Gasteiger partial charge in [0.2, 0.25) is 0 Å². The van der Waals surface area contributed by atoms with Crippen LogP contribution in [0.15, 0.2) is 54.6 Å². The van der Waals surface area contributed by atoms with E-state index in [-0.39, 0.29) is 5.92 Å². The summed E-state index contributed by atoms with van der Waals surface area (Å²) in [6, 6.07) is 10.3. The predicted octanol–water partition coefficient (Wildman–Crippen LogP) is 3.46. The second-order valence-electron chi connectivity index (χ2n) is 2.99. The summed E-state index contributed by atoms with van der Waals surface area (Å²) in [6.07, 6.45) is 3.77. The van der Waals surface area contributed by atoms with Gasteiger partial charge in [-0.2, -0.15) is 0 Å². The summed E-state index contributed by atoms with van der Waals surface area (Å²) in [5.41, 5.74) is 1.25. The van der Waals surface area contributed by atoms with Crippen molar-refractivity contribution in [3.05, 3.63) is 65.1 Å². The van der Waals surface area contributed by atoms with E-state index in [1.807, 2.05) is 35.9 Å². The van der Waals surface area contributed by atoms with Gasteiger partial charge in [-0.25, -0.2) is 4.98 Å². The van der Waals surface area contributed by atoms with Crippen LogP contribution >= 0.6 is 11.3 Å². The Morgan fingerprint density at radius 2 is 2.07 bits per heavy atom. The third-order valence-electron chi connectivity index (χ3n) is 2.11. The van der Waals surface area contributed by atoms with Crippen molar-refractivity contribution in [3.63, 3.8) is 0 Å². The Morgan fingerprint density at radius 3 is 2.64 bits per heavy atom. The third-order valence-corrected chi connectivity index (χ3v) is 2.97. The van der Waals surface area contributed by atoms with Crippen molar-refractivity contribution in [1.29, 1.82) is 0 Å². The van der Waals surface area contributed by atoms with Gasteiger partial charge in [0.05, 0.1) is 5.92 Å². The lowest BCUT2D eigenvalue weighted by Gasteiger charge is -2.08. The largest absolute Gasteiger partial charge is 0.249 e. The molecule has 1 heterocycles. The van der Waals surface area contributed by atoms with Crippen LogP contribution in [0.25, 0.3) is 0 Å². The molecule has 0 aliphatic carbocycles. The molecule has 0 spiro atoms. The van der Waals surface area contributed by atoms with Crippen molar-refractivity contribution < 1.29 is 0 Å². The zero-order chi connectivity index (χ0) is 9.80. The summed E-state index contributed by atoms with van der Waals surface area (Å²) in [6.45, 7) is 3.86. The maximum Gasteiger partial charge on any atom is 0.104 e. The van der Waals surface area contributed by atoms with Crippen LogP contribution in [0.5, 0.6) is 0 Å². The molecular weight excluding hydrogens is 190 g/mol. The molecule has 1 unspecified atom stereocenters. The number of hydrogen-bond donors (Lipinski definition) is 0. The maximum atomic E-state index is 4.31. The Hall–Kier alpha value is -1.41. The lowest BCUT2D eigenvalue weighted by molar-refractivity contribution is 1.00. The first-order chi connectivity index (χ1) is 6.92. The van der Waals surface area contributed by atoms with E-state index >= 15 is 0 Å². The van der Waals surface area contributed by atoms with Crippen molar-refractivity contribution in [2.24, 2.45) is 0 Å². The molecule has 1 atom stereocenters. The van der Waals surface area contributed by atoms with Gasteiger partial charge in [0.25, 0.3) is 0 Å². The summed E-state index contributed by atoms with van der Waals surface area (Å²) in [5, 5.41) is 3.10. The van der Waals surface area contributed by atoms with Gasteiger partial charge in [-0.05, 0) is 5.56 Å². The van der Waals surface area contributed by atoms with E-state index in [2.05, 4.69) is 23.7 Å². The fourth-order valence-electron chi connectivity index (χ4n) is 1.43. The Labute approximate surface area is 87.8 Å². The van der Waals surface area contributed by atoms with E-state index in [0.29, 0.717) is 0 Å². The van der Waals surface area contributed by atoms with E-state index < -0.39 is 0 Å². The average Bonchev–Trinajstić information content (AvgIpc) is 2.74. The SMILES string of the molecule is C=CC(c1ccccc1)c1nccs1. The summed E-state index contributed by atoms with van der Waals surface area (Å²) in [7, 11) is 0. The van der Waals surface area contributed by atoms with E-state index in [4.69, 9.17) is 0 Å². The zero-order valence-electron chi connectivity index (χ0n) is 7.76. The van der Waals surface area contributed by atoms with Crippen molar-refractivity contribution in [2.75, 3.05) is 0 Å². The Bertz CT molecular complexity index is 392. The normalized spacial score (nSPS) is 12.3. The van der Waals surface area contributed by atoms with E-state index in [1.54, 1.807) is 11.3 Å². The highest BCUT2D eigenvalue weighted by Gasteiger charge is 2.11. The molecule has 0 aliphatic rings. The quantitative estimate of drug-likeness (QED) is 0.693. The molecule has 1 nitrogen and oxygen atoms in total. The molecule has 0 saturated heterocycles. The molecule has 1 aromatic heterocycles. The third kappa shape index (κ3) is 1.75. The second kappa shape index (κ2) is 4.20. The number of allylic oxidation sites excluding steroid dienone is 1. The van der Waals surface area contributed by atoms with E-state index in [0.717, 1.165) is 5.01 Å². The van der Waals surface area contributed by atoms with Gasteiger partial charge in [-0.15, -0.1) is 17.9 Å². The number of rotatable bonds is 3. The van der Waals surface area contributed by atoms with Crippen molar-refractivity contribution in [3.8, 4) is 0 Å². The highest BCUT2D eigenvalue weighted by atomic mass is 32.1. The van der Waals surface area contributed by atoms with Gasteiger partial charge in [0.15, 0.2) is 0 Å².